The molecule has 2 amide bonds. The highest BCUT2D eigenvalue weighted by Crippen LogP contribution is 2.13. The van der Waals surface area contributed by atoms with E-state index < -0.39 is 5.97 Å². The van der Waals surface area contributed by atoms with E-state index in [1.165, 1.54) is 12.1 Å². The molecular formula is C21H22N2O5. The number of carbonyl (C=O) groups is 3. The molecule has 0 saturated carbocycles. The highest BCUT2D eigenvalue weighted by atomic mass is 16.5. The molecule has 7 heteroatoms. The number of benzene rings is 2. The number of aromatic carboxylic acids is 1. The summed E-state index contributed by atoms with van der Waals surface area (Å²) in [5.41, 5.74) is 1.53. The summed E-state index contributed by atoms with van der Waals surface area (Å²) in [4.78, 5) is 39.3. The van der Waals surface area contributed by atoms with Gasteiger partial charge in [-0.05, 0) is 37.3 Å². The van der Waals surface area contributed by atoms with E-state index in [1.807, 2.05) is 31.2 Å². The van der Waals surface area contributed by atoms with Gasteiger partial charge in [0.1, 0.15) is 5.75 Å². The summed E-state index contributed by atoms with van der Waals surface area (Å²) < 4.78 is 5.53. The molecule has 0 aliphatic carbocycles. The number of nitrogens with zero attached hydrogens (tertiary/aromatic N) is 2. The van der Waals surface area contributed by atoms with Crippen LogP contribution < -0.4 is 4.74 Å². The lowest BCUT2D eigenvalue weighted by Crippen LogP contribution is -2.51. The molecule has 146 valence electrons. The second-order valence-electron chi connectivity index (χ2n) is 6.66. The summed E-state index contributed by atoms with van der Waals surface area (Å²) in [6.07, 6.45) is 0. The highest BCUT2D eigenvalue weighted by Gasteiger charge is 2.25. The number of amides is 2. The molecule has 1 saturated heterocycles. The molecule has 0 unspecified atom stereocenters. The molecule has 1 N–H and O–H groups in total. The van der Waals surface area contributed by atoms with E-state index >= 15 is 0 Å². The SMILES string of the molecule is Cc1ccc(OCC(=O)N2CCN(C(=O)c3cccc(C(=O)O)c3)CC2)cc1. The number of carboxylic acids is 1. The third-order valence-electron chi connectivity index (χ3n) is 4.66. The van der Waals surface area contributed by atoms with Crippen molar-refractivity contribution < 1.29 is 24.2 Å². The van der Waals surface area contributed by atoms with Gasteiger partial charge in [0.25, 0.3) is 11.8 Å². The standard InChI is InChI=1S/C21H22N2O5/c1-15-5-7-18(8-6-15)28-14-19(24)22-9-11-23(12-10-22)20(25)16-3-2-4-17(13-16)21(26)27/h2-8,13H,9-12,14H2,1H3,(H,26,27). The van der Waals surface area contributed by atoms with E-state index in [-0.39, 0.29) is 24.0 Å². The summed E-state index contributed by atoms with van der Waals surface area (Å²) in [6, 6.07) is 13.5. The fraction of sp³-hybridized carbons (Fsp3) is 0.286. The van der Waals surface area contributed by atoms with Crippen molar-refractivity contribution in [3.05, 3.63) is 65.2 Å². The number of piperazine rings is 1. The van der Waals surface area contributed by atoms with Crippen LogP contribution in [0.1, 0.15) is 26.3 Å². The molecule has 3 rings (SSSR count). The number of ether oxygens (including phenoxy) is 1. The van der Waals surface area contributed by atoms with Crippen molar-refractivity contribution in [3.63, 3.8) is 0 Å². The van der Waals surface area contributed by atoms with Gasteiger partial charge in [0.2, 0.25) is 0 Å². The Balaban J connectivity index is 1.51. The van der Waals surface area contributed by atoms with E-state index in [0.29, 0.717) is 37.5 Å². The minimum absolute atomic E-state index is 0.0440. The maximum Gasteiger partial charge on any atom is 0.335 e. The number of hydrogen-bond donors (Lipinski definition) is 1. The van der Waals surface area contributed by atoms with Gasteiger partial charge >= 0.3 is 5.97 Å². The number of carboxylic acid groups (broad SMARTS) is 1. The third-order valence-corrected chi connectivity index (χ3v) is 4.66. The lowest BCUT2D eigenvalue weighted by atomic mass is 10.1. The summed E-state index contributed by atoms with van der Waals surface area (Å²) in [5, 5.41) is 9.06. The normalized spacial score (nSPS) is 13.9. The van der Waals surface area contributed by atoms with Crippen LogP contribution in [0.3, 0.4) is 0 Å². The van der Waals surface area contributed by atoms with Crippen LogP contribution in [0.2, 0.25) is 0 Å². The Kier molecular flexibility index (Phi) is 5.93. The average molecular weight is 382 g/mol. The number of hydrogen-bond acceptors (Lipinski definition) is 4. The van der Waals surface area contributed by atoms with Crippen molar-refractivity contribution in [1.29, 1.82) is 0 Å². The van der Waals surface area contributed by atoms with Gasteiger partial charge in [0, 0.05) is 31.7 Å². The van der Waals surface area contributed by atoms with Gasteiger partial charge in [-0.1, -0.05) is 23.8 Å². The number of carbonyl (C=O) groups excluding carboxylic acids is 2. The molecule has 0 atom stereocenters. The van der Waals surface area contributed by atoms with Gasteiger partial charge in [0.05, 0.1) is 5.56 Å². The van der Waals surface area contributed by atoms with Crippen molar-refractivity contribution in [1.82, 2.24) is 9.80 Å². The van der Waals surface area contributed by atoms with Gasteiger partial charge < -0.3 is 19.6 Å². The van der Waals surface area contributed by atoms with Crippen LogP contribution in [-0.2, 0) is 4.79 Å². The van der Waals surface area contributed by atoms with Crippen LogP contribution in [0.4, 0.5) is 0 Å². The third kappa shape index (κ3) is 4.68. The summed E-state index contributed by atoms with van der Waals surface area (Å²) in [6.45, 7) is 3.56. The van der Waals surface area contributed by atoms with E-state index in [9.17, 15) is 14.4 Å². The Morgan fingerprint density at radius 3 is 2.18 bits per heavy atom. The number of aryl methyl sites for hydroxylation is 1. The Bertz CT molecular complexity index is 871. The zero-order chi connectivity index (χ0) is 20.1. The van der Waals surface area contributed by atoms with Crippen molar-refractivity contribution in [3.8, 4) is 5.75 Å². The zero-order valence-corrected chi connectivity index (χ0v) is 15.6. The molecule has 0 spiro atoms. The predicted octanol–water partition coefficient (Wildman–Crippen LogP) is 2.06. The molecule has 1 heterocycles. The lowest BCUT2D eigenvalue weighted by Gasteiger charge is -2.34. The molecule has 1 aliphatic rings. The Morgan fingerprint density at radius 2 is 1.54 bits per heavy atom. The zero-order valence-electron chi connectivity index (χ0n) is 15.6. The Morgan fingerprint density at radius 1 is 0.929 bits per heavy atom. The van der Waals surface area contributed by atoms with E-state index in [1.54, 1.807) is 21.9 Å². The van der Waals surface area contributed by atoms with Gasteiger partial charge in [-0.15, -0.1) is 0 Å². The van der Waals surface area contributed by atoms with Gasteiger partial charge in [0.15, 0.2) is 6.61 Å². The van der Waals surface area contributed by atoms with Crippen molar-refractivity contribution in [2.75, 3.05) is 32.8 Å². The second kappa shape index (κ2) is 8.56. The second-order valence-corrected chi connectivity index (χ2v) is 6.66. The predicted molar refractivity (Wildman–Crippen MR) is 103 cm³/mol. The topological polar surface area (TPSA) is 87.2 Å². The molecule has 2 aromatic carbocycles. The molecule has 0 radical (unpaired) electrons. The molecule has 2 aromatic rings. The fourth-order valence-corrected chi connectivity index (χ4v) is 3.00. The van der Waals surface area contributed by atoms with Gasteiger partial charge in [-0.2, -0.15) is 0 Å². The quantitative estimate of drug-likeness (QED) is 0.855. The minimum atomic E-state index is -1.07. The van der Waals surface area contributed by atoms with Crippen LogP contribution in [0.15, 0.2) is 48.5 Å². The first-order valence-corrected chi connectivity index (χ1v) is 9.04. The average Bonchev–Trinajstić information content (AvgIpc) is 2.72. The van der Waals surface area contributed by atoms with E-state index in [2.05, 4.69) is 0 Å². The lowest BCUT2D eigenvalue weighted by molar-refractivity contribution is -0.134. The van der Waals surface area contributed by atoms with E-state index in [0.717, 1.165) is 5.56 Å². The molecule has 28 heavy (non-hydrogen) atoms. The van der Waals surface area contributed by atoms with Crippen LogP contribution in [-0.4, -0.2) is 65.5 Å². The molecule has 0 aromatic heterocycles. The van der Waals surface area contributed by atoms with Crippen molar-refractivity contribution >= 4 is 17.8 Å². The number of rotatable bonds is 5. The van der Waals surface area contributed by atoms with Crippen LogP contribution in [0.25, 0.3) is 0 Å². The highest BCUT2D eigenvalue weighted by molar-refractivity contribution is 5.97. The van der Waals surface area contributed by atoms with Crippen molar-refractivity contribution in [2.24, 2.45) is 0 Å². The van der Waals surface area contributed by atoms with Crippen LogP contribution >= 0.6 is 0 Å². The van der Waals surface area contributed by atoms with E-state index in [4.69, 9.17) is 9.84 Å². The van der Waals surface area contributed by atoms with Crippen LogP contribution in [0.5, 0.6) is 5.75 Å². The first-order chi connectivity index (χ1) is 13.4. The first kappa shape index (κ1) is 19.4. The summed E-state index contributed by atoms with van der Waals surface area (Å²) in [7, 11) is 0. The molecule has 7 nitrogen and oxygen atoms in total. The van der Waals surface area contributed by atoms with Gasteiger partial charge in [-0.25, -0.2) is 4.79 Å². The largest absolute Gasteiger partial charge is 0.484 e. The summed E-state index contributed by atoms with van der Waals surface area (Å²) >= 11 is 0. The Hall–Kier alpha value is -3.35. The van der Waals surface area contributed by atoms with Crippen molar-refractivity contribution in [2.45, 2.75) is 6.92 Å². The first-order valence-electron chi connectivity index (χ1n) is 9.04. The molecule has 0 bridgehead atoms. The molecule has 1 aliphatic heterocycles. The smallest absolute Gasteiger partial charge is 0.335 e. The molecule has 1 fully saturated rings. The minimum Gasteiger partial charge on any atom is -0.484 e. The monoisotopic (exact) mass is 382 g/mol. The fourth-order valence-electron chi connectivity index (χ4n) is 3.00. The van der Waals surface area contributed by atoms with Gasteiger partial charge in [-0.3, -0.25) is 9.59 Å². The molecular weight excluding hydrogens is 360 g/mol. The summed E-state index contributed by atoms with van der Waals surface area (Å²) in [5.74, 6) is -0.781. The Labute approximate surface area is 163 Å². The maximum atomic E-state index is 12.6. The van der Waals surface area contributed by atoms with Crippen LogP contribution in [0, 0.1) is 6.92 Å². The maximum absolute atomic E-state index is 12.6.